The van der Waals surface area contributed by atoms with Crippen LogP contribution in [0.5, 0.6) is 5.75 Å². The molecule has 5 heteroatoms. The predicted molar refractivity (Wildman–Crippen MR) is 109 cm³/mol. The smallest absolute Gasteiger partial charge is 0.191 e. The van der Waals surface area contributed by atoms with Crippen LogP contribution in [0.2, 0.25) is 0 Å². The molecule has 0 saturated heterocycles. The second-order valence-corrected chi connectivity index (χ2v) is 6.05. The van der Waals surface area contributed by atoms with E-state index >= 15 is 0 Å². The number of para-hydroxylation sites is 2. The normalized spacial score (nSPS) is 10.6. The predicted octanol–water partition coefficient (Wildman–Crippen LogP) is 4.97. The number of ether oxygens (including phenoxy) is 1. The minimum Gasteiger partial charge on any atom is -0.493 e. The summed E-state index contributed by atoms with van der Waals surface area (Å²) in [6.07, 6.45) is 6.48. The Balaban J connectivity index is 1.82. The molecule has 0 spiro atoms. The van der Waals surface area contributed by atoms with Crippen molar-refractivity contribution in [2.75, 3.05) is 11.9 Å². The molecule has 25 heavy (non-hydrogen) atoms. The Bertz CT molecular complexity index is 674. The summed E-state index contributed by atoms with van der Waals surface area (Å²) in [6, 6.07) is 17.6. The average molecular weight is 356 g/mol. The van der Waals surface area contributed by atoms with Crippen molar-refractivity contribution in [1.29, 1.82) is 0 Å². The molecule has 2 N–H and O–H groups in total. The lowest BCUT2D eigenvalue weighted by Gasteiger charge is -2.09. The molecule has 0 saturated carbocycles. The van der Waals surface area contributed by atoms with Gasteiger partial charge >= 0.3 is 0 Å². The Kier molecular flexibility index (Phi) is 8.49. The minimum atomic E-state index is 0.445. The van der Waals surface area contributed by atoms with Crippen LogP contribution in [0.1, 0.15) is 38.2 Å². The van der Waals surface area contributed by atoms with Crippen LogP contribution >= 0.6 is 12.2 Å². The minimum absolute atomic E-state index is 0.445. The van der Waals surface area contributed by atoms with Crippen LogP contribution in [-0.4, -0.2) is 17.9 Å². The Morgan fingerprint density at radius 2 is 1.80 bits per heavy atom. The molecule has 0 aromatic heterocycles. The van der Waals surface area contributed by atoms with Crippen molar-refractivity contribution in [2.24, 2.45) is 5.10 Å². The number of anilines is 1. The van der Waals surface area contributed by atoms with Gasteiger partial charge in [-0.25, -0.2) is 0 Å². The highest BCUT2D eigenvalue weighted by molar-refractivity contribution is 7.80. The van der Waals surface area contributed by atoms with Gasteiger partial charge in [-0.3, -0.25) is 5.43 Å². The SMILES string of the molecule is CCCCCCOc1ccccc1/C=N/NC(=S)Nc1ccccc1. The van der Waals surface area contributed by atoms with Crippen LogP contribution in [0.15, 0.2) is 59.7 Å². The zero-order chi connectivity index (χ0) is 17.7. The fraction of sp³-hybridized carbons (Fsp3) is 0.300. The van der Waals surface area contributed by atoms with Gasteiger partial charge in [0.2, 0.25) is 0 Å². The van der Waals surface area contributed by atoms with Crippen molar-refractivity contribution >= 4 is 29.2 Å². The Labute approximate surface area is 155 Å². The lowest BCUT2D eigenvalue weighted by atomic mass is 10.2. The van der Waals surface area contributed by atoms with Crippen LogP contribution in [0.3, 0.4) is 0 Å². The Morgan fingerprint density at radius 3 is 2.60 bits per heavy atom. The number of nitrogens with zero attached hydrogens (tertiary/aromatic N) is 1. The third-order valence-corrected chi connectivity index (χ3v) is 3.77. The molecule has 0 unspecified atom stereocenters. The third kappa shape index (κ3) is 7.35. The van der Waals surface area contributed by atoms with E-state index < -0.39 is 0 Å². The van der Waals surface area contributed by atoms with Crippen LogP contribution in [0.25, 0.3) is 0 Å². The van der Waals surface area contributed by atoms with Crippen molar-refractivity contribution in [3.63, 3.8) is 0 Å². The molecule has 0 atom stereocenters. The second kappa shape index (κ2) is 11.2. The number of nitrogens with one attached hydrogen (secondary N) is 2. The quantitative estimate of drug-likeness (QED) is 0.289. The maximum absolute atomic E-state index is 5.87. The van der Waals surface area contributed by atoms with E-state index in [2.05, 4.69) is 22.8 Å². The van der Waals surface area contributed by atoms with Crippen molar-refractivity contribution < 1.29 is 4.74 Å². The highest BCUT2D eigenvalue weighted by Gasteiger charge is 2.01. The molecule has 2 aromatic rings. The molecular formula is C20H25N3OS. The first-order valence-electron chi connectivity index (χ1n) is 8.66. The summed E-state index contributed by atoms with van der Waals surface area (Å²) >= 11 is 5.23. The van der Waals surface area contributed by atoms with Crippen molar-refractivity contribution in [2.45, 2.75) is 32.6 Å². The van der Waals surface area contributed by atoms with E-state index in [1.165, 1.54) is 19.3 Å². The number of hydrazone groups is 1. The zero-order valence-electron chi connectivity index (χ0n) is 14.6. The second-order valence-electron chi connectivity index (χ2n) is 5.64. The summed E-state index contributed by atoms with van der Waals surface area (Å²) in [5, 5.41) is 7.71. The first-order chi connectivity index (χ1) is 12.3. The van der Waals surface area contributed by atoms with Crippen LogP contribution in [0, 0.1) is 0 Å². The number of unbranched alkanes of at least 4 members (excludes halogenated alkanes) is 3. The third-order valence-electron chi connectivity index (χ3n) is 3.58. The van der Waals surface area contributed by atoms with E-state index in [-0.39, 0.29) is 0 Å². The number of hydrogen-bond acceptors (Lipinski definition) is 3. The molecule has 4 nitrogen and oxygen atoms in total. The van der Waals surface area contributed by atoms with E-state index in [0.717, 1.165) is 30.0 Å². The monoisotopic (exact) mass is 355 g/mol. The fourth-order valence-corrected chi connectivity index (χ4v) is 2.44. The standard InChI is InChI=1S/C20H25N3OS/c1-2-3-4-10-15-24-19-14-9-8-11-17(19)16-21-23-20(25)22-18-12-6-5-7-13-18/h5-9,11-14,16H,2-4,10,15H2,1H3,(H2,22,23,25)/b21-16+. The lowest BCUT2D eigenvalue weighted by molar-refractivity contribution is 0.304. The number of hydrogen-bond donors (Lipinski definition) is 2. The molecule has 0 radical (unpaired) electrons. The molecule has 0 heterocycles. The van der Waals surface area contributed by atoms with E-state index in [4.69, 9.17) is 17.0 Å². The van der Waals surface area contributed by atoms with Gasteiger partial charge in [0.15, 0.2) is 5.11 Å². The number of benzene rings is 2. The molecule has 0 fully saturated rings. The van der Waals surface area contributed by atoms with Gasteiger partial charge in [0.1, 0.15) is 5.75 Å². The van der Waals surface area contributed by atoms with E-state index in [0.29, 0.717) is 5.11 Å². The lowest BCUT2D eigenvalue weighted by Crippen LogP contribution is -2.23. The van der Waals surface area contributed by atoms with E-state index in [1.807, 2.05) is 54.6 Å². The summed E-state index contributed by atoms with van der Waals surface area (Å²) in [6.45, 7) is 2.93. The Hall–Kier alpha value is -2.40. The van der Waals surface area contributed by atoms with Crippen LogP contribution < -0.4 is 15.5 Å². The summed E-state index contributed by atoms with van der Waals surface area (Å²) in [5.74, 6) is 0.839. The summed E-state index contributed by atoms with van der Waals surface area (Å²) < 4.78 is 5.87. The molecule has 2 rings (SSSR count). The fourth-order valence-electron chi connectivity index (χ4n) is 2.27. The van der Waals surface area contributed by atoms with Crippen molar-refractivity contribution in [3.05, 3.63) is 60.2 Å². The van der Waals surface area contributed by atoms with Crippen molar-refractivity contribution in [1.82, 2.24) is 5.43 Å². The molecular weight excluding hydrogens is 330 g/mol. The van der Waals surface area contributed by atoms with Gasteiger partial charge < -0.3 is 10.1 Å². The molecule has 0 aliphatic carbocycles. The average Bonchev–Trinajstić information content (AvgIpc) is 2.63. The maximum atomic E-state index is 5.87. The molecule has 0 aliphatic rings. The van der Waals surface area contributed by atoms with E-state index in [1.54, 1.807) is 6.21 Å². The molecule has 0 aliphatic heterocycles. The van der Waals surface area contributed by atoms with Gasteiger partial charge in [-0.1, -0.05) is 56.5 Å². The number of rotatable bonds is 9. The molecule has 132 valence electrons. The summed E-state index contributed by atoms with van der Waals surface area (Å²) in [7, 11) is 0. The highest BCUT2D eigenvalue weighted by Crippen LogP contribution is 2.16. The molecule has 0 amide bonds. The number of thiocarbonyl (C=S) groups is 1. The largest absolute Gasteiger partial charge is 0.493 e. The van der Waals surface area contributed by atoms with Gasteiger partial charge in [-0.15, -0.1) is 0 Å². The summed E-state index contributed by atoms with van der Waals surface area (Å²) in [5.41, 5.74) is 4.67. The highest BCUT2D eigenvalue weighted by atomic mass is 32.1. The molecule has 0 bridgehead atoms. The van der Waals surface area contributed by atoms with Crippen LogP contribution in [-0.2, 0) is 0 Å². The van der Waals surface area contributed by atoms with Crippen LogP contribution in [0.4, 0.5) is 5.69 Å². The first kappa shape index (κ1) is 18.9. The van der Waals surface area contributed by atoms with E-state index in [9.17, 15) is 0 Å². The zero-order valence-corrected chi connectivity index (χ0v) is 15.4. The van der Waals surface area contributed by atoms with Crippen molar-refractivity contribution in [3.8, 4) is 5.75 Å². The van der Waals surface area contributed by atoms with Gasteiger partial charge in [0.25, 0.3) is 0 Å². The summed E-state index contributed by atoms with van der Waals surface area (Å²) in [4.78, 5) is 0. The topological polar surface area (TPSA) is 45.6 Å². The maximum Gasteiger partial charge on any atom is 0.191 e. The van der Waals surface area contributed by atoms with Gasteiger partial charge in [0, 0.05) is 11.3 Å². The van der Waals surface area contributed by atoms with Gasteiger partial charge in [-0.05, 0) is 42.9 Å². The Morgan fingerprint density at radius 1 is 1.04 bits per heavy atom. The van der Waals surface area contributed by atoms with Gasteiger partial charge in [0.05, 0.1) is 12.8 Å². The van der Waals surface area contributed by atoms with Gasteiger partial charge in [-0.2, -0.15) is 5.10 Å². The first-order valence-corrected chi connectivity index (χ1v) is 9.07. The molecule has 2 aromatic carbocycles.